The van der Waals surface area contributed by atoms with Crippen molar-refractivity contribution in [1.29, 1.82) is 0 Å². The highest BCUT2D eigenvalue weighted by Gasteiger charge is 2.36. The lowest BCUT2D eigenvalue weighted by Crippen LogP contribution is -2.40. The highest BCUT2D eigenvalue weighted by molar-refractivity contribution is 6.00. The number of carbonyl (C=O) groups excluding carboxylic acids is 2. The zero-order chi connectivity index (χ0) is 18.7. The van der Waals surface area contributed by atoms with E-state index in [4.69, 9.17) is 14.2 Å². The van der Waals surface area contributed by atoms with E-state index in [9.17, 15) is 9.59 Å². The zero-order valence-corrected chi connectivity index (χ0v) is 15.3. The number of methoxy groups -OCH3 is 3. The number of hydrogen-bond acceptors (Lipinski definition) is 6. The first-order chi connectivity index (χ1) is 12.6. The molecule has 2 heterocycles. The number of benzene rings is 1. The van der Waals surface area contributed by atoms with E-state index in [1.807, 2.05) is 0 Å². The second-order valence-electron chi connectivity index (χ2n) is 6.49. The molecule has 26 heavy (non-hydrogen) atoms. The molecule has 1 aromatic carbocycles. The van der Waals surface area contributed by atoms with Crippen molar-refractivity contribution in [2.75, 3.05) is 45.9 Å². The SMILES string of the molecule is COc1cc(N2CC(C(=O)NC3CCNC3)CC2=O)cc(OC)c1OC. The Hall–Kier alpha value is -2.48. The summed E-state index contributed by atoms with van der Waals surface area (Å²) >= 11 is 0. The third kappa shape index (κ3) is 3.55. The summed E-state index contributed by atoms with van der Waals surface area (Å²) in [5.74, 6) is 0.890. The molecule has 2 fully saturated rings. The van der Waals surface area contributed by atoms with Crippen molar-refractivity contribution in [3.63, 3.8) is 0 Å². The van der Waals surface area contributed by atoms with Gasteiger partial charge in [0.1, 0.15) is 0 Å². The van der Waals surface area contributed by atoms with Crippen molar-refractivity contribution >= 4 is 17.5 Å². The molecule has 0 radical (unpaired) electrons. The van der Waals surface area contributed by atoms with Gasteiger partial charge < -0.3 is 29.7 Å². The van der Waals surface area contributed by atoms with Gasteiger partial charge >= 0.3 is 0 Å². The molecule has 2 aliphatic rings. The van der Waals surface area contributed by atoms with Gasteiger partial charge in [-0.05, 0) is 13.0 Å². The molecule has 142 valence electrons. The predicted molar refractivity (Wildman–Crippen MR) is 96.0 cm³/mol. The summed E-state index contributed by atoms with van der Waals surface area (Å²) in [4.78, 5) is 26.6. The van der Waals surface area contributed by atoms with Crippen molar-refractivity contribution < 1.29 is 23.8 Å². The fourth-order valence-corrected chi connectivity index (χ4v) is 3.45. The summed E-state index contributed by atoms with van der Waals surface area (Å²) in [5, 5.41) is 6.24. The maximum Gasteiger partial charge on any atom is 0.227 e. The van der Waals surface area contributed by atoms with Crippen LogP contribution in [0.2, 0.25) is 0 Å². The average molecular weight is 363 g/mol. The molecule has 2 N–H and O–H groups in total. The van der Waals surface area contributed by atoms with Crippen LogP contribution in [0.1, 0.15) is 12.8 Å². The lowest BCUT2D eigenvalue weighted by Gasteiger charge is -2.21. The third-order valence-electron chi connectivity index (χ3n) is 4.86. The number of ether oxygens (including phenoxy) is 3. The fraction of sp³-hybridized carbons (Fsp3) is 0.556. The number of amides is 2. The van der Waals surface area contributed by atoms with Gasteiger partial charge in [-0.15, -0.1) is 0 Å². The van der Waals surface area contributed by atoms with Crippen molar-refractivity contribution in [1.82, 2.24) is 10.6 Å². The van der Waals surface area contributed by atoms with E-state index in [-0.39, 0.29) is 30.2 Å². The Labute approximate surface area is 152 Å². The van der Waals surface area contributed by atoms with E-state index in [1.165, 1.54) is 21.3 Å². The van der Waals surface area contributed by atoms with Gasteiger partial charge in [0.15, 0.2) is 11.5 Å². The molecule has 1 aromatic rings. The highest BCUT2D eigenvalue weighted by atomic mass is 16.5. The van der Waals surface area contributed by atoms with Gasteiger partial charge in [-0.1, -0.05) is 0 Å². The lowest BCUT2D eigenvalue weighted by atomic mass is 10.1. The maximum absolute atomic E-state index is 12.5. The minimum Gasteiger partial charge on any atom is -0.493 e. The highest BCUT2D eigenvalue weighted by Crippen LogP contribution is 2.42. The fourth-order valence-electron chi connectivity index (χ4n) is 3.45. The minimum absolute atomic E-state index is 0.0676. The van der Waals surface area contributed by atoms with Crippen LogP contribution in [-0.2, 0) is 9.59 Å². The Balaban J connectivity index is 1.77. The first-order valence-corrected chi connectivity index (χ1v) is 8.68. The van der Waals surface area contributed by atoms with Gasteiger partial charge in [0.05, 0.1) is 32.9 Å². The van der Waals surface area contributed by atoms with Gasteiger partial charge in [0.2, 0.25) is 17.6 Å². The van der Waals surface area contributed by atoms with Crippen LogP contribution in [0.25, 0.3) is 0 Å². The van der Waals surface area contributed by atoms with Gasteiger partial charge in [0, 0.05) is 37.7 Å². The molecule has 0 spiro atoms. The van der Waals surface area contributed by atoms with E-state index < -0.39 is 0 Å². The summed E-state index contributed by atoms with van der Waals surface area (Å²) in [6.07, 6.45) is 1.12. The zero-order valence-electron chi connectivity index (χ0n) is 15.3. The van der Waals surface area contributed by atoms with Crippen LogP contribution < -0.4 is 29.7 Å². The number of nitrogens with zero attached hydrogens (tertiary/aromatic N) is 1. The Morgan fingerprint density at radius 3 is 2.42 bits per heavy atom. The van der Waals surface area contributed by atoms with E-state index in [0.717, 1.165) is 19.5 Å². The molecule has 2 saturated heterocycles. The average Bonchev–Trinajstić information content (AvgIpc) is 3.29. The largest absolute Gasteiger partial charge is 0.493 e. The molecule has 0 aliphatic carbocycles. The molecule has 2 unspecified atom stereocenters. The molecule has 0 saturated carbocycles. The van der Waals surface area contributed by atoms with Crippen LogP contribution in [0.5, 0.6) is 17.2 Å². The van der Waals surface area contributed by atoms with Crippen LogP contribution >= 0.6 is 0 Å². The van der Waals surface area contributed by atoms with Crippen LogP contribution in [-0.4, -0.2) is 58.8 Å². The second-order valence-corrected chi connectivity index (χ2v) is 6.49. The Morgan fingerprint density at radius 1 is 1.19 bits per heavy atom. The van der Waals surface area contributed by atoms with Crippen molar-refractivity contribution in [2.45, 2.75) is 18.9 Å². The summed E-state index contributed by atoms with van der Waals surface area (Å²) in [6.45, 7) is 2.03. The number of anilines is 1. The summed E-state index contributed by atoms with van der Waals surface area (Å²) in [5.41, 5.74) is 0.627. The predicted octanol–water partition coefficient (Wildman–Crippen LogP) is 0.543. The van der Waals surface area contributed by atoms with E-state index in [2.05, 4.69) is 10.6 Å². The van der Waals surface area contributed by atoms with Crippen LogP contribution in [0.3, 0.4) is 0 Å². The minimum atomic E-state index is -0.359. The Kier molecular flexibility index (Phi) is 5.51. The van der Waals surface area contributed by atoms with Crippen molar-refractivity contribution in [3.8, 4) is 17.2 Å². The molecule has 0 bridgehead atoms. The first kappa shape index (κ1) is 18.3. The van der Waals surface area contributed by atoms with Crippen molar-refractivity contribution in [2.24, 2.45) is 5.92 Å². The monoisotopic (exact) mass is 363 g/mol. The second kappa shape index (κ2) is 7.82. The molecular weight excluding hydrogens is 338 g/mol. The topological polar surface area (TPSA) is 89.1 Å². The van der Waals surface area contributed by atoms with Crippen LogP contribution in [0, 0.1) is 5.92 Å². The standard InChI is InChI=1S/C18H25N3O5/c1-24-14-7-13(8-15(25-2)17(14)26-3)21-10-11(6-16(21)22)18(23)20-12-4-5-19-9-12/h7-8,11-12,19H,4-6,9-10H2,1-3H3,(H,20,23). The van der Waals surface area contributed by atoms with Crippen LogP contribution in [0.4, 0.5) is 5.69 Å². The third-order valence-corrected chi connectivity index (χ3v) is 4.86. The summed E-state index contributed by atoms with van der Waals surface area (Å²) in [6, 6.07) is 3.59. The molecule has 2 aliphatic heterocycles. The van der Waals surface area contributed by atoms with Gasteiger partial charge in [-0.3, -0.25) is 9.59 Å². The van der Waals surface area contributed by atoms with Gasteiger partial charge in [0.25, 0.3) is 0 Å². The summed E-state index contributed by atoms with van der Waals surface area (Å²) in [7, 11) is 4.58. The number of hydrogen-bond donors (Lipinski definition) is 2. The number of carbonyl (C=O) groups is 2. The Bertz CT molecular complexity index is 662. The van der Waals surface area contributed by atoms with Crippen molar-refractivity contribution in [3.05, 3.63) is 12.1 Å². The molecular formula is C18H25N3O5. The molecule has 2 atom stereocenters. The van der Waals surface area contributed by atoms with E-state index >= 15 is 0 Å². The van der Waals surface area contributed by atoms with Crippen LogP contribution in [0.15, 0.2) is 12.1 Å². The quantitative estimate of drug-likeness (QED) is 0.767. The van der Waals surface area contributed by atoms with Gasteiger partial charge in [-0.25, -0.2) is 0 Å². The normalized spacial score (nSPS) is 22.4. The first-order valence-electron chi connectivity index (χ1n) is 8.68. The van der Waals surface area contributed by atoms with Gasteiger partial charge in [-0.2, -0.15) is 0 Å². The molecule has 8 heteroatoms. The number of nitrogens with one attached hydrogen (secondary N) is 2. The lowest BCUT2D eigenvalue weighted by molar-refractivity contribution is -0.126. The Morgan fingerprint density at radius 2 is 1.88 bits per heavy atom. The molecule has 3 rings (SSSR count). The van der Waals surface area contributed by atoms with E-state index in [1.54, 1.807) is 17.0 Å². The number of rotatable bonds is 6. The maximum atomic E-state index is 12.5. The smallest absolute Gasteiger partial charge is 0.227 e. The molecule has 2 amide bonds. The molecule has 0 aromatic heterocycles. The molecule has 8 nitrogen and oxygen atoms in total. The summed E-state index contributed by atoms with van der Waals surface area (Å²) < 4.78 is 16.0. The van der Waals surface area contributed by atoms with E-state index in [0.29, 0.717) is 29.5 Å².